The molecule has 180 valence electrons. The van der Waals surface area contributed by atoms with E-state index in [0.29, 0.717) is 24.9 Å². The van der Waals surface area contributed by atoms with E-state index < -0.39 is 11.2 Å². The van der Waals surface area contributed by atoms with Crippen LogP contribution < -0.4 is 5.73 Å². The number of likely N-dealkylation sites (tertiary alicyclic amines) is 2. The van der Waals surface area contributed by atoms with E-state index in [2.05, 4.69) is 17.0 Å². The summed E-state index contributed by atoms with van der Waals surface area (Å²) in [6.45, 7) is 3.96. The number of nitrogens with two attached hydrogens (primary N) is 1. The van der Waals surface area contributed by atoms with Gasteiger partial charge in [0.05, 0.1) is 16.0 Å². The fourth-order valence-electron chi connectivity index (χ4n) is 6.38. The van der Waals surface area contributed by atoms with Crippen molar-refractivity contribution in [2.45, 2.75) is 31.6 Å². The maximum atomic E-state index is 14.2. The van der Waals surface area contributed by atoms with Crippen molar-refractivity contribution in [3.63, 3.8) is 0 Å². The first-order valence-electron chi connectivity index (χ1n) is 12.2. The minimum absolute atomic E-state index is 0.0241. The summed E-state index contributed by atoms with van der Waals surface area (Å²) in [5, 5.41) is 0.162. The molecule has 5 nitrogen and oxygen atoms in total. The second-order valence-electron chi connectivity index (χ2n) is 10.2. The van der Waals surface area contributed by atoms with Crippen molar-refractivity contribution in [2.24, 2.45) is 23.0 Å². The van der Waals surface area contributed by atoms with Gasteiger partial charge in [-0.3, -0.25) is 9.59 Å². The number of nitrogens with zero attached hydrogens (tertiary/aromatic N) is 2. The molecule has 3 aliphatic rings. The lowest BCUT2D eigenvalue weighted by Crippen LogP contribution is -2.48. The zero-order valence-corrected chi connectivity index (χ0v) is 20.0. The van der Waals surface area contributed by atoms with Crippen LogP contribution in [0.15, 0.2) is 48.5 Å². The number of carbonyl (C=O) groups is 2. The van der Waals surface area contributed by atoms with Crippen molar-refractivity contribution in [3.05, 3.63) is 70.5 Å². The van der Waals surface area contributed by atoms with Gasteiger partial charge >= 0.3 is 0 Å². The van der Waals surface area contributed by atoms with Crippen LogP contribution in [-0.4, -0.2) is 54.3 Å². The van der Waals surface area contributed by atoms with Crippen LogP contribution in [-0.2, 0) is 4.79 Å². The predicted molar refractivity (Wildman–Crippen MR) is 130 cm³/mol. The Kier molecular flexibility index (Phi) is 6.38. The Morgan fingerprint density at radius 3 is 2.26 bits per heavy atom. The maximum Gasteiger partial charge on any atom is 0.258 e. The zero-order chi connectivity index (χ0) is 23.9. The van der Waals surface area contributed by atoms with Crippen LogP contribution in [0.25, 0.3) is 0 Å². The monoisotopic (exact) mass is 483 g/mol. The van der Waals surface area contributed by atoms with E-state index in [1.54, 1.807) is 11.0 Å². The predicted octanol–water partition coefficient (Wildman–Crippen LogP) is 4.31. The summed E-state index contributed by atoms with van der Waals surface area (Å²) in [5.74, 6) is -0.186. The topological polar surface area (TPSA) is 66.6 Å². The molecule has 2 heterocycles. The summed E-state index contributed by atoms with van der Waals surface area (Å²) < 4.78 is 14.2. The molecule has 0 spiro atoms. The summed E-state index contributed by atoms with van der Waals surface area (Å²) in [6, 6.07) is 14.6. The largest absolute Gasteiger partial charge is 0.369 e. The van der Waals surface area contributed by atoms with Crippen LogP contribution in [0.1, 0.15) is 47.5 Å². The molecule has 2 aliphatic heterocycles. The standard InChI is InChI=1S/C27H31ClFN3O2/c28-22-8-4-9-23(29)24(22)25(33)32-16-19-14-31(15-20(19)17-32)13-10-21(18-6-2-1-3-7-18)27(26(30)34)11-5-12-27/h1-4,6-9,19-21H,5,10-17H2,(H2,30,34)/t19?,20?,21-/m0/s1. The molecule has 5 rings (SSSR count). The molecule has 0 bridgehead atoms. The molecule has 2 unspecified atom stereocenters. The van der Waals surface area contributed by atoms with E-state index >= 15 is 0 Å². The SMILES string of the molecule is NC(=O)C1([C@@H](CCN2CC3CN(C(=O)c4c(F)cccc4Cl)CC3C2)c2ccccc2)CCC1. The number of fused-ring (bicyclic) bond motifs is 1. The minimum Gasteiger partial charge on any atom is -0.369 e. The third-order valence-corrected chi connectivity index (χ3v) is 8.68. The van der Waals surface area contributed by atoms with Crippen LogP contribution in [0.5, 0.6) is 0 Å². The smallest absolute Gasteiger partial charge is 0.258 e. The lowest BCUT2D eigenvalue weighted by molar-refractivity contribution is -0.134. The van der Waals surface area contributed by atoms with Gasteiger partial charge in [0.1, 0.15) is 5.82 Å². The molecule has 1 aliphatic carbocycles. The lowest BCUT2D eigenvalue weighted by atomic mass is 9.58. The van der Waals surface area contributed by atoms with Crippen LogP contribution in [0, 0.1) is 23.1 Å². The summed E-state index contributed by atoms with van der Waals surface area (Å²) >= 11 is 6.12. The van der Waals surface area contributed by atoms with Crippen molar-refractivity contribution in [3.8, 4) is 0 Å². The van der Waals surface area contributed by atoms with Crippen molar-refractivity contribution in [1.29, 1.82) is 0 Å². The van der Waals surface area contributed by atoms with Crippen molar-refractivity contribution in [1.82, 2.24) is 9.80 Å². The highest BCUT2D eigenvalue weighted by Gasteiger charge is 2.50. The number of carbonyl (C=O) groups excluding carboxylic acids is 2. The van der Waals surface area contributed by atoms with Crippen LogP contribution >= 0.6 is 11.6 Å². The van der Waals surface area contributed by atoms with E-state index in [9.17, 15) is 14.0 Å². The molecule has 0 radical (unpaired) electrons. The second-order valence-corrected chi connectivity index (χ2v) is 10.6. The Morgan fingerprint density at radius 2 is 1.71 bits per heavy atom. The Labute approximate surface area is 205 Å². The molecule has 2 saturated heterocycles. The molecule has 3 fully saturated rings. The highest BCUT2D eigenvalue weighted by Crippen LogP contribution is 2.53. The van der Waals surface area contributed by atoms with Crippen molar-refractivity contribution >= 4 is 23.4 Å². The first-order chi connectivity index (χ1) is 16.4. The third kappa shape index (κ3) is 4.11. The molecular formula is C27H31ClFN3O2. The van der Waals surface area contributed by atoms with E-state index in [0.717, 1.165) is 45.3 Å². The number of hydrogen-bond donors (Lipinski definition) is 1. The van der Waals surface area contributed by atoms with Gasteiger partial charge in [0.25, 0.3) is 5.91 Å². The van der Waals surface area contributed by atoms with Gasteiger partial charge in [-0.05, 0) is 61.3 Å². The van der Waals surface area contributed by atoms with Gasteiger partial charge in [0.2, 0.25) is 5.91 Å². The highest BCUT2D eigenvalue weighted by atomic mass is 35.5. The van der Waals surface area contributed by atoms with E-state index in [4.69, 9.17) is 17.3 Å². The fourth-order valence-corrected chi connectivity index (χ4v) is 6.63. The summed E-state index contributed by atoms with van der Waals surface area (Å²) in [4.78, 5) is 29.6. The molecule has 2 aromatic carbocycles. The number of amides is 2. The average Bonchev–Trinajstić information content (AvgIpc) is 3.34. The minimum atomic E-state index is -0.567. The molecule has 3 atom stereocenters. The number of rotatable bonds is 7. The quantitative estimate of drug-likeness (QED) is 0.638. The number of primary amides is 1. The molecule has 1 saturated carbocycles. The van der Waals surface area contributed by atoms with Gasteiger partial charge < -0.3 is 15.5 Å². The molecule has 34 heavy (non-hydrogen) atoms. The molecule has 0 aromatic heterocycles. The fraction of sp³-hybridized carbons (Fsp3) is 0.481. The van der Waals surface area contributed by atoms with E-state index in [1.165, 1.54) is 17.7 Å². The van der Waals surface area contributed by atoms with Gasteiger partial charge in [0, 0.05) is 26.2 Å². The van der Waals surface area contributed by atoms with Crippen LogP contribution in [0.3, 0.4) is 0 Å². The molecule has 2 aromatic rings. The number of halogens is 2. The van der Waals surface area contributed by atoms with Gasteiger partial charge in [0.15, 0.2) is 0 Å². The first-order valence-corrected chi connectivity index (χ1v) is 12.6. The maximum absolute atomic E-state index is 14.2. The summed E-state index contributed by atoms with van der Waals surface area (Å²) in [5.41, 5.74) is 6.65. The Morgan fingerprint density at radius 1 is 1.03 bits per heavy atom. The lowest BCUT2D eigenvalue weighted by Gasteiger charge is -2.46. The van der Waals surface area contributed by atoms with Crippen LogP contribution in [0.2, 0.25) is 5.02 Å². The second kappa shape index (κ2) is 9.31. The van der Waals surface area contributed by atoms with Gasteiger partial charge in [-0.15, -0.1) is 0 Å². The Balaban J connectivity index is 1.22. The zero-order valence-electron chi connectivity index (χ0n) is 19.3. The molecule has 2 amide bonds. The van der Waals surface area contributed by atoms with Crippen molar-refractivity contribution < 1.29 is 14.0 Å². The number of benzene rings is 2. The van der Waals surface area contributed by atoms with E-state index in [1.807, 2.05) is 18.2 Å². The van der Waals surface area contributed by atoms with Gasteiger partial charge in [-0.2, -0.15) is 0 Å². The summed E-state index contributed by atoms with van der Waals surface area (Å²) in [7, 11) is 0. The average molecular weight is 484 g/mol. The van der Waals surface area contributed by atoms with Gasteiger partial charge in [-0.25, -0.2) is 4.39 Å². The van der Waals surface area contributed by atoms with Gasteiger partial charge in [-0.1, -0.05) is 54.4 Å². The number of hydrogen-bond acceptors (Lipinski definition) is 3. The first kappa shape index (κ1) is 23.3. The van der Waals surface area contributed by atoms with E-state index in [-0.39, 0.29) is 28.3 Å². The Hall–Kier alpha value is -2.44. The molecule has 7 heteroatoms. The van der Waals surface area contributed by atoms with Crippen LogP contribution in [0.4, 0.5) is 4.39 Å². The Bertz CT molecular complexity index is 1040. The molecular weight excluding hydrogens is 453 g/mol. The summed E-state index contributed by atoms with van der Waals surface area (Å²) in [6.07, 6.45) is 3.67. The van der Waals surface area contributed by atoms with Crippen molar-refractivity contribution in [2.75, 3.05) is 32.7 Å². The normalized spacial score (nSPS) is 24.5. The highest BCUT2D eigenvalue weighted by molar-refractivity contribution is 6.33. The molecule has 2 N–H and O–H groups in total. The third-order valence-electron chi connectivity index (χ3n) is 8.37.